The van der Waals surface area contributed by atoms with E-state index in [1.54, 1.807) is 4.90 Å². The van der Waals surface area contributed by atoms with E-state index in [1.807, 2.05) is 12.1 Å². The van der Waals surface area contributed by atoms with Crippen molar-refractivity contribution in [1.82, 2.24) is 9.80 Å². The lowest BCUT2D eigenvalue weighted by molar-refractivity contribution is -0.135. The zero-order valence-corrected chi connectivity index (χ0v) is 13.7. The van der Waals surface area contributed by atoms with E-state index >= 15 is 0 Å². The van der Waals surface area contributed by atoms with Crippen molar-refractivity contribution in [3.05, 3.63) is 33.8 Å². The Balaban J connectivity index is 1.93. The molecule has 1 aromatic carbocycles. The summed E-state index contributed by atoms with van der Waals surface area (Å²) in [4.78, 5) is 26.7. The number of nitrogens with zero attached hydrogens (tertiary/aromatic N) is 2. The molecule has 23 heavy (non-hydrogen) atoms. The number of benzene rings is 1. The van der Waals surface area contributed by atoms with Crippen molar-refractivity contribution in [3.63, 3.8) is 0 Å². The Morgan fingerprint density at radius 1 is 1.39 bits per heavy atom. The molecule has 0 spiro atoms. The molecule has 1 aromatic rings. The van der Waals surface area contributed by atoms with Crippen LogP contribution in [-0.2, 0) is 22.6 Å². The van der Waals surface area contributed by atoms with Gasteiger partial charge in [0.1, 0.15) is 6.61 Å². The number of likely N-dealkylation sites (tertiary alicyclic amines) is 1. The standard InChI is InChI=1S/C16H19ClN2O4/c1-23-9-15(20)18-7-10-5-11(17)6-12(13(10)8-18)14-3-2-4-19(14)16(21)22/h5-6,14H,2-4,7-9H2,1H3,(H,21,22). The topological polar surface area (TPSA) is 70.1 Å². The molecule has 0 bridgehead atoms. The fraction of sp³-hybridized carbons (Fsp3) is 0.500. The number of carbonyl (C=O) groups is 2. The second-order valence-corrected chi connectivity index (χ2v) is 6.39. The van der Waals surface area contributed by atoms with Gasteiger partial charge in [-0.1, -0.05) is 11.6 Å². The molecule has 2 aliphatic heterocycles. The highest BCUT2D eigenvalue weighted by atomic mass is 35.5. The van der Waals surface area contributed by atoms with Gasteiger partial charge in [-0.15, -0.1) is 0 Å². The molecular formula is C16H19ClN2O4. The maximum absolute atomic E-state index is 12.1. The number of rotatable bonds is 3. The minimum absolute atomic E-state index is 0.0434. The number of hydrogen-bond donors (Lipinski definition) is 1. The van der Waals surface area contributed by atoms with Crippen molar-refractivity contribution in [2.75, 3.05) is 20.3 Å². The molecule has 1 unspecified atom stereocenters. The smallest absolute Gasteiger partial charge is 0.407 e. The summed E-state index contributed by atoms with van der Waals surface area (Å²) in [5.74, 6) is -0.0766. The van der Waals surface area contributed by atoms with Crippen LogP contribution in [0.15, 0.2) is 12.1 Å². The lowest BCUT2D eigenvalue weighted by atomic mass is 9.96. The van der Waals surface area contributed by atoms with Crippen LogP contribution in [0.2, 0.25) is 5.02 Å². The average Bonchev–Trinajstić information content (AvgIpc) is 3.13. The predicted octanol–water partition coefficient (Wildman–Crippen LogP) is 2.64. The maximum atomic E-state index is 12.1. The number of methoxy groups -OCH3 is 1. The number of halogens is 1. The number of hydrogen-bond acceptors (Lipinski definition) is 3. The van der Waals surface area contributed by atoms with Crippen molar-refractivity contribution in [2.24, 2.45) is 0 Å². The van der Waals surface area contributed by atoms with Gasteiger partial charge in [0.05, 0.1) is 6.04 Å². The van der Waals surface area contributed by atoms with Crippen molar-refractivity contribution < 1.29 is 19.4 Å². The number of amides is 2. The molecule has 2 amide bonds. The van der Waals surface area contributed by atoms with Crippen molar-refractivity contribution in [1.29, 1.82) is 0 Å². The average molecular weight is 339 g/mol. The molecule has 2 heterocycles. The van der Waals surface area contributed by atoms with E-state index in [2.05, 4.69) is 0 Å². The van der Waals surface area contributed by atoms with Gasteiger partial charge in [0, 0.05) is 31.8 Å². The highest BCUT2D eigenvalue weighted by Crippen LogP contribution is 2.39. The van der Waals surface area contributed by atoms with Crippen molar-refractivity contribution >= 4 is 23.6 Å². The normalized spacial score (nSPS) is 20.0. The maximum Gasteiger partial charge on any atom is 0.407 e. The molecule has 1 fully saturated rings. The molecule has 0 saturated carbocycles. The third-order valence-electron chi connectivity index (χ3n) is 4.53. The zero-order chi connectivity index (χ0) is 16.6. The Morgan fingerprint density at radius 2 is 2.17 bits per heavy atom. The molecule has 2 aliphatic rings. The lowest BCUT2D eigenvalue weighted by Gasteiger charge is -2.24. The molecule has 1 N–H and O–H groups in total. The molecule has 0 aliphatic carbocycles. The summed E-state index contributed by atoms with van der Waals surface area (Å²) in [5, 5.41) is 9.97. The second-order valence-electron chi connectivity index (χ2n) is 5.95. The van der Waals surface area contributed by atoms with Crippen molar-refractivity contribution in [2.45, 2.75) is 32.0 Å². The first-order valence-corrected chi connectivity index (χ1v) is 7.96. The largest absolute Gasteiger partial charge is 0.465 e. The minimum Gasteiger partial charge on any atom is -0.465 e. The lowest BCUT2D eigenvalue weighted by Crippen LogP contribution is -2.30. The first-order valence-electron chi connectivity index (χ1n) is 7.58. The summed E-state index contributed by atoms with van der Waals surface area (Å²) in [6.07, 6.45) is 0.710. The van der Waals surface area contributed by atoms with Crippen LogP contribution in [0.25, 0.3) is 0 Å². The van der Waals surface area contributed by atoms with Gasteiger partial charge in [0.15, 0.2) is 0 Å². The molecule has 6 nitrogen and oxygen atoms in total. The van der Waals surface area contributed by atoms with Gasteiger partial charge in [0.2, 0.25) is 5.91 Å². The van der Waals surface area contributed by atoms with Crippen LogP contribution in [0, 0.1) is 0 Å². The third kappa shape index (κ3) is 3.01. The summed E-state index contributed by atoms with van der Waals surface area (Å²) in [6.45, 7) is 1.55. The highest BCUT2D eigenvalue weighted by Gasteiger charge is 2.34. The van der Waals surface area contributed by atoms with Gasteiger partial charge in [-0.05, 0) is 41.7 Å². The Hall–Kier alpha value is -1.79. The molecule has 0 aromatic heterocycles. The molecular weight excluding hydrogens is 320 g/mol. The second kappa shape index (κ2) is 6.37. The van der Waals surface area contributed by atoms with E-state index in [4.69, 9.17) is 16.3 Å². The molecule has 7 heteroatoms. The van der Waals surface area contributed by atoms with Crippen LogP contribution in [0.4, 0.5) is 4.79 Å². The fourth-order valence-electron chi connectivity index (χ4n) is 3.51. The van der Waals surface area contributed by atoms with Gasteiger partial charge in [-0.25, -0.2) is 4.79 Å². The van der Waals surface area contributed by atoms with Gasteiger partial charge < -0.3 is 19.6 Å². The number of ether oxygens (including phenoxy) is 1. The summed E-state index contributed by atoms with van der Waals surface area (Å²) >= 11 is 6.23. The third-order valence-corrected chi connectivity index (χ3v) is 4.75. The van der Waals surface area contributed by atoms with Gasteiger partial charge in [0.25, 0.3) is 0 Å². The summed E-state index contributed by atoms with van der Waals surface area (Å²) in [6, 6.07) is 3.52. The summed E-state index contributed by atoms with van der Waals surface area (Å²) in [7, 11) is 1.49. The first-order chi connectivity index (χ1) is 11.0. The Morgan fingerprint density at radius 3 is 2.87 bits per heavy atom. The van der Waals surface area contributed by atoms with Crippen LogP contribution in [0.5, 0.6) is 0 Å². The molecule has 124 valence electrons. The Labute approximate surface area is 139 Å². The van der Waals surface area contributed by atoms with Gasteiger partial charge >= 0.3 is 6.09 Å². The minimum atomic E-state index is -0.911. The van der Waals surface area contributed by atoms with Crippen LogP contribution in [-0.4, -0.2) is 47.2 Å². The zero-order valence-electron chi connectivity index (χ0n) is 12.9. The van der Waals surface area contributed by atoms with E-state index in [9.17, 15) is 14.7 Å². The summed E-state index contributed by atoms with van der Waals surface area (Å²) < 4.78 is 4.91. The monoisotopic (exact) mass is 338 g/mol. The van der Waals surface area contributed by atoms with Crippen LogP contribution in [0.3, 0.4) is 0 Å². The van der Waals surface area contributed by atoms with Crippen molar-refractivity contribution in [3.8, 4) is 0 Å². The van der Waals surface area contributed by atoms with Crippen LogP contribution >= 0.6 is 11.6 Å². The van der Waals surface area contributed by atoms with Crippen LogP contribution in [0.1, 0.15) is 35.6 Å². The quantitative estimate of drug-likeness (QED) is 0.919. The van der Waals surface area contributed by atoms with Crippen LogP contribution < -0.4 is 0 Å². The molecule has 1 atom stereocenters. The van der Waals surface area contributed by atoms with Gasteiger partial charge in [-0.3, -0.25) is 4.79 Å². The highest BCUT2D eigenvalue weighted by molar-refractivity contribution is 6.30. The Kier molecular flexibility index (Phi) is 4.46. The predicted molar refractivity (Wildman–Crippen MR) is 84.3 cm³/mol. The summed E-state index contributed by atoms with van der Waals surface area (Å²) in [5.41, 5.74) is 2.95. The number of fused-ring (bicyclic) bond motifs is 1. The first kappa shape index (κ1) is 16.1. The van der Waals surface area contributed by atoms with E-state index in [0.717, 1.165) is 29.5 Å². The number of carbonyl (C=O) groups excluding carboxylic acids is 1. The fourth-order valence-corrected chi connectivity index (χ4v) is 3.76. The van der Waals surface area contributed by atoms with Gasteiger partial charge in [-0.2, -0.15) is 0 Å². The van der Waals surface area contributed by atoms with E-state index in [0.29, 0.717) is 24.7 Å². The Bertz CT molecular complexity index is 649. The molecule has 1 saturated heterocycles. The van der Waals surface area contributed by atoms with E-state index < -0.39 is 6.09 Å². The van der Waals surface area contributed by atoms with E-state index in [-0.39, 0.29) is 18.6 Å². The SMILES string of the molecule is COCC(=O)N1Cc2cc(Cl)cc(C3CCCN3C(=O)O)c2C1. The molecule has 3 rings (SSSR count). The van der Waals surface area contributed by atoms with E-state index in [1.165, 1.54) is 12.0 Å². The molecule has 0 radical (unpaired) electrons. The number of carboxylic acid groups (broad SMARTS) is 1.